The van der Waals surface area contributed by atoms with Crippen LogP contribution in [0, 0.1) is 18.7 Å². The Kier molecular flexibility index (Phi) is 6.13. The maximum Gasteiger partial charge on any atom is 0.417 e. The smallest absolute Gasteiger partial charge is 0.365 e. The van der Waals surface area contributed by atoms with Gasteiger partial charge in [0.05, 0.1) is 29.5 Å². The summed E-state index contributed by atoms with van der Waals surface area (Å²) in [6.07, 6.45) is -2.57. The van der Waals surface area contributed by atoms with E-state index in [9.17, 15) is 27.2 Å². The zero-order chi connectivity index (χ0) is 23.0. The highest BCUT2D eigenvalue weighted by molar-refractivity contribution is 6.04. The Hall–Kier alpha value is -2.88. The minimum atomic E-state index is -4.67. The predicted molar refractivity (Wildman–Crippen MR) is 103 cm³/mol. The number of carbonyl (C=O) groups is 2. The van der Waals surface area contributed by atoms with E-state index in [0.717, 1.165) is 13.0 Å². The first kappa shape index (κ1) is 22.8. The molecule has 0 aliphatic carbocycles. The van der Waals surface area contributed by atoms with Crippen LogP contribution in [0.1, 0.15) is 47.9 Å². The molecule has 1 aliphatic heterocycles. The van der Waals surface area contributed by atoms with Crippen LogP contribution >= 0.6 is 0 Å². The summed E-state index contributed by atoms with van der Waals surface area (Å²) in [7, 11) is 0. The van der Waals surface area contributed by atoms with Crippen molar-refractivity contribution in [2.24, 2.45) is 5.92 Å². The maximum absolute atomic E-state index is 13.7. The molecular formula is C21H21F4N3O3. The minimum Gasteiger partial charge on any atom is -0.365 e. The van der Waals surface area contributed by atoms with Gasteiger partial charge in [0.2, 0.25) is 5.91 Å². The van der Waals surface area contributed by atoms with Crippen LogP contribution in [-0.2, 0) is 9.53 Å². The molecule has 2 aromatic heterocycles. The number of hydrogen-bond acceptors (Lipinski definition) is 5. The van der Waals surface area contributed by atoms with Crippen LogP contribution in [0.15, 0.2) is 30.6 Å². The number of aromatic nitrogens is 2. The second kappa shape index (κ2) is 8.33. The molecule has 3 heterocycles. The molecule has 0 radical (unpaired) electrons. The Bertz CT molecular complexity index is 1010. The SMILES string of the molecule is CC(=O)c1cnccc1NC(=O)[C@H]1CO[C@@](C)(C(F)(F)F)C[C@@H]1c1ccc(F)c(C)n1. The monoisotopic (exact) mass is 439 g/mol. The quantitative estimate of drug-likeness (QED) is 0.570. The van der Waals surface area contributed by atoms with Crippen LogP contribution < -0.4 is 5.32 Å². The Balaban J connectivity index is 1.96. The van der Waals surface area contributed by atoms with E-state index in [1.54, 1.807) is 0 Å². The molecule has 0 saturated carbocycles. The van der Waals surface area contributed by atoms with E-state index in [-0.39, 0.29) is 28.4 Å². The van der Waals surface area contributed by atoms with Crippen molar-refractivity contribution < 1.29 is 31.9 Å². The van der Waals surface area contributed by atoms with E-state index >= 15 is 0 Å². The Morgan fingerprint density at radius 3 is 2.58 bits per heavy atom. The lowest BCUT2D eigenvalue weighted by Crippen LogP contribution is -2.53. The predicted octanol–water partition coefficient (Wildman–Crippen LogP) is 4.21. The first-order valence-electron chi connectivity index (χ1n) is 9.52. The number of nitrogens with zero attached hydrogens (tertiary/aromatic N) is 2. The fourth-order valence-corrected chi connectivity index (χ4v) is 3.56. The number of anilines is 1. The first-order chi connectivity index (χ1) is 14.4. The molecule has 3 atom stereocenters. The van der Waals surface area contributed by atoms with E-state index in [4.69, 9.17) is 4.74 Å². The van der Waals surface area contributed by atoms with Gasteiger partial charge in [0.1, 0.15) is 5.82 Å². The van der Waals surface area contributed by atoms with Crippen LogP contribution in [0.4, 0.5) is 23.2 Å². The van der Waals surface area contributed by atoms with E-state index in [0.29, 0.717) is 0 Å². The fourth-order valence-electron chi connectivity index (χ4n) is 3.56. The minimum absolute atomic E-state index is 0.0184. The van der Waals surface area contributed by atoms with Gasteiger partial charge < -0.3 is 10.1 Å². The van der Waals surface area contributed by atoms with Crippen LogP contribution in [0.2, 0.25) is 0 Å². The summed E-state index contributed by atoms with van der Waals surface area (Å²) in [5.41, 5.74) is -1.94. The fraction of sp³-hybridized carbons (Fsp3) is 0.429. The molecule has 1 N–H and O–H groups in total. The Labute approximate surface area is 176 Å². The second-order valence-corrected chi connectivity index (χ2v) is 7.73. The number of ether oxygens (including phenoxy) is 1. The Morgan fingerprint density at radius 1 is 1.26 bits per heavy atom. The van der Waals surface area contributed by atoms with Crippen molar-refractivity contribution in [2.75, 3.05) is 11.9 Å². The number of Topliss-reactive ketones (excluding diaryl/α,β-unsaturated/α-hetero) is 1. The molecule has 0 unspecified atom stereocenters. The molecule has 2 aromatic rings. The molecule has 3 rings (SSSR count). The van der Waals surface area contributed by atoms with Crippen molar-refractivity contribution >= 4 is 17.4 Å². The van der Waals surface area contributed by atoms with Gasteiger partial charge in [-0.1, -0.05) is 0 Å². The largest absolute Gasteiger partial charge is 0.417 e. The molecule has 1 aliphatic rings. The average Bonchev–Trinajstić information content (AvgIpc) is 2.69. The highest BCUT2D eigenvalue weighted by atomic mass is 19.4. The van der Waals surface area contributed by atoms with Gasteiger partial charge >= 0.3 is 6.18 Å². The van der Waals surface area contributed by atoms with Gasteiger partial charge in [0.25, 0.3) is 0 Å². The van der Waals surface area contributed by atoms with Gasteiger partial charge in [0.15, 0.2) is 11.4 Å². The summed E-state index contributed by atoms with van der Waals surface area (Å²) in [5, 5.41) is 2.59. The molecular weight excluding hydrogens is 418 g/mol. The van der Waals surface area contributed by atoms with Crippen molar-refractivity contribution in [3.05, 3.63) is 53.4 Å². The van der Waals surface area contributed by atoms with Gasteiger partial charge in [-0.3, -0.25) is 19.6 Å². The van der Waals surface area contributed by atoms with E-state index in [1.807, 2.05) is 0 Å². The summed E-state index contributed by atoms with van der Waals surface area (Å²) in [4.78, 5) is 32.8. The number of ketones is 1. The van der Waals surface area contributed by atoms with E-state index in [2.05, 4.69) is 15.3 Å². The van der Waals surface area contributed by atoms with Crippen LogP contribution in [0.3, 0.4) is 0 Å². The lowest BCUT2D eigenvalue weighted by Gasteiger charge is -2.42. The Morgan fingerprint density at radius 2 is 1.97 bits per heavy atom. The number of amides is 1. The topological polar surface area (TPSA) is 81.2 Å². The molecule has 0 aromatic carbocycles. The molecule has 10 heteroatoms. The van der Waals surface area contributed by atoms with Crippen molar-refractivity contribution in [3.63, 3.8) is 0 Å². The molecule has 0 spiro atoms. The van der Waals surface area contributed by atoms with Crippen LogP contribution in [0.25, 0.3) is 0 Å². The number of aryl methyl sites for hydroxylation is 1. The van der Waals surface area contributed by atoms with Gasteiger partial charge in [0, 0.05) is 24.0 Å². The number of halogens is 4. The lowest BCUT2D eigenvalue weighted by atomic mass is 9.77. The summed E-state index contributed by atoms with van der Waals surface area (Å²) < 4.78 is 59.7. The zero-order valence-electron chi connectivity index (χ0n) is 17.1. The third-order valence-corrected chi connectivity index (χ3v) is 5.49. The summed E-state index contributed by atoms with van der Waals surface area (Å²) >= 11 is 0. The number of carbonyl (C=O) groups excluding carboxylic acids is 2. The van der Waals surface area contributed by atoms with Crippen molar-refractivity contribution in [1.82, 2.24) is 9.97 Å². The lowest BCUT2D eigenvalue weighted by molar-refractivity contribution is -0.289. The van der Waals surface area contributed by atoms with E-state index in [1.165, 1.54) is 38.4 Å². The van der Waals surface area contributed by atoms with Gasteiger partial charge in [-0.2, -0.15) is 13.2 Å². The van der Waals surface area contributed by atoms with Crippen molar-refractivity contribution in [1.29, 1.82) is 0 Å². The molecule has 1 saturated heterocycles. The highest BCUT2D eigenvalue weighted by Gasteiger charge is 2.57. The van der Waals surface area contributed by atoms with Crippen LogP contribution in [0.5, 0.6) is 0 Å². The standard InChI is InChI=1S/C21H21F4N3O3/c1-11-16(22)4-5-17(27-11)13-8-20(3,21(23,24)25)31-10-15(13)19(30)28-18-6-7-26-9-14(18)12(2)29/h4-7,9,13,15H,8,10H2,1-3H3,(H,26,28,30)/t13-,15-,20+/m0/s1. The third-order valence-electron chi connectivity index (χ3n) is 5.49. The molecule has 6 nitrogen and oxygen atoms in total. The highest BCUT2D eigenvalue weighted by Crippen LogP contribution is 2.47. The summed E-state index contributed by atoms with van der Waals surface area (Å²) in [5.74, 6) is -3.59. The van der Waals surface area contributed by atoms with Gasteiger partial charge in [-0.05, 0) is 45.4 Å². The van der Waals surface area contributed by atoms with Gasteiger partial charge in [-0.15, -0.1) is 0 Å². The third kappa shape index (κ3) is 4.58. The molecule has 1 amide bonds. The maximum atomic E-state index is 13.7. The van der Waals surface area contributed by atoms with E-state index < -0.39 is 48.4 Å². The first-order valence-corrected chi connectivity index (χ1v) is 9.52. The molecule has 0 bridgehead atoms. The average molecular weight is 439 g/mol. The number of hydrogen-bond donors (Lipinski definition) is 1. The van der Waals surface area contributed by atoms with Gasteiger partial charge in [-0.25, -0.2) is 4.39 Å². The summed E-state index contributed by atoms with van der Waals surface area (Å²) in [6.45, 7) is 3.10. The normalized spacial score (nSPS) is 24.0. The van der Waals surface area contributed by atoms with Crippen molar-refractivity contribution in [3.8, 4) is 0 Å². The molecule has 1 fully saturated rings. The molecule has 166 valence electrons. The molecule has 31 heavy (non-hydrogen) atoms. The summed E-state index contributed by atoms with van der Waals surface area (Å²) in [6, 6.07) is 3.82. The van der Waals surface area contributed by atoms with Crippen molar-refractivity contribution in [2.45, 2.75) is 44.9 Å². The number of rotatable bonds is 4. The number of pyridine rings is 2. The van der Waals surface area contributed by atoms with Crippen LogP contribution in [-0.4, -0.2) is 40.0 Å². The number of nitrogens with one attached hydrogen (secondary N) is 1. The second-order valence-electron chi connectivity index (χ2n) is 7.73. The number of alkyl halides is 3. The zero-order valence-corrected chi connectivity index (χ0v) is 17.1.